The highest BCUT2D eigenvalue weighted by molar-refractivity contribution is 5.93. The lowest BCUT2D eigenvalue weighted by Crippen LogP contribution is -2.50. The fourth-order valence-electron chi connectivity index (χ4n) is 3.24. The highest BCUT2D eigenvalue weighted by atomic mass is 19.4. The van der Waals surface area contributed by atoms with Crippen LogP contribution in [0, 0.1) is 0 Å². The topological polar surface area (TPSA) is 90.7 Å². The molecule has 1 saturated heterocycles. The molecule has 8 nitrogen and oxygen atoms in total. The maximum absolute atomic E-state index is 12.6. The molecule has 0 spiro atoms. The van der Waals surface area contributed by atoms with Gasteiger partial charge in [-0.15, -0.1) is 0 Å². The standard InChI is InChI=1S/C21H22F3N3O5/c1-20(2,18(29)21(22,23)24)32-19(30)26-10-6-14(7-11-26)31-15-8-12-27(17(28)13-15)16-5-3-4-9-25-16/h3-5,8-9,12-14H,6-7,10-11H2,1-2H3. The van der Waals surface area contributed by atoms with Crippen LogP contribution in [0.25, 0.3) is 5.82 Å². The van der Waals surface area contributed by atoms with Crippen LogP contribution in [-0.4, -0.2) is 57.3 Å². The molecule has 172 valence electrons. The molecule has 2 aromatic rings. The molecule has 1 fully saturated rings. The predicted molar refractivity (Wildman–Crippen MR) is 107 cm³/mol. The van der Waals surface area contributed by atoms with Gasteiger partial charge in [0, 0.05) is 44.4 Å². The molecular formula is C21H22F3N3O5. The third-order valence-corrected chi connectivity index (χ3v) is 4.94. The molecule has 1 amide bonds. The number of aromatic nitrogens is 2. The minimum absolute atomic E-state index is 0.171. The van der Waals surface area contributed by atoms with E-state index in [0.717, 1.165) is 13.8 Å². The van der Waals surface area contributed by atoms with E-state index in [1.165, 1.54) is 15.5 Å². The normalized spacial score (nSPS) is 15.3. The predicted octanol–water partition coefficient (Wildman–Crippen LogP) is 3.12. The minimum atomic E-state index is -5.10. The van der Waals surface area contributed by atoms with E-state index in [2.05, 4.69) is 4.98 Å². The van der Waals surface area contributed by atoms with Crippen molar-refractivity contribution in [3.05, 3.63) is 53.1 Å². The number of amides is 1. The number of pyridine rings is 2. The molecule has 0 unspecified atom stereocenters. The van der Waals surface area contributed by atoms with E-state index in [1.54, 1.807) is 36.7 Å². The van der Waals surface area contributed by atoms with Gasteiger partial charge in [-0.2, -0.15) is 13.2 Å². The van der Waals surface area contributed by atoms with Crippen molar-refractivity contribution in [3.63, 3.8) is 0 Å². The summed E-state index contributed by atoms with van der Waals surface area (Å²) in [5.41, 5.74) is -2.64. The van der Waals surface area contributed by atoms with Gasteiger partial charge in [0.05, 0.1) is 0 Å². The lowest BCUT2D eigenvalue weighted by Gasteiger charge is -2.34. The Labute approximate surface area is 181 Å². The Bertz CT molecular complexity index is 1030. The maximum atomic E-state index is 12.6. The number of Topliss-reactive ketones (excluding diaryl/α,β-unsaturated/α-hetero) is 1. The third kappa shape index (κ3) is 5.45. The van der Waals surface area contributed by atoms with E-state index in [4.69, 9.17) is 9.47 Å². The number of hydrogen-bond acceptors (Lipinski definition) is 6. The number of ether oxygens (including phenoxy) is 2. The van der Waals surface area contributed by atoms with Gasteiger partial charge < -0.3 is 14.4 Å². The molecule has 0 N–H and O–H groups in total. The second-order valence-electron chi connectivity index (χ2n) is 7.77. The Hall–Kier alpha value is -3.37. The average molecular weight is 453 g/mol. The Morgan fingerprint density at radius 1 is 1.12 bits per heavy atom. The zero-order valence-corrected chi connectivity index (χ0v) is 17.5. The number of hydrogen-bond donors (Lipinski definition) is 0. The van der Waals surface area contributed by atoms with Crippen LogP contribution in [0.1, 0.15) is 26.7 Å². The SMILES string of the molecule is CC(C)(OC(=O)N1CCC(Oc2ccn(-c3ccccn3)c(=O)c2)CC1)C(=O)C(F)(F)F. The summed E-state index contributed by atoms with van der Waals surface area (Å²) in [5.74, 6) is -1.29. The molecule has 0 aliphatic carbocycles. The van der Waals surface area contributed by atoms with E-state index in [0.29, 0.717) is 24.4 Å². The molecule has 1 aliphatic rings. The fourth-order valence-corrected chi connectivity index (χ4v) is 3.24. The van der Waals surface area contributed by atoms with Gasteiger partial charge in [0.1, 0.15) is 17.7 Å². The molecule has 32 heavy (non-hydrogen) atoms. The van der Waals surface area contributed by atoms with Crippen molar-refractivity contribution < 1.29 is 32.2 Å². The Balaban J connectivity index is 1.55. The van der Waals surface area contributed by atoms with E-state index < -0.39 is 23.7 Å². The zero-order chi connectivity index (χ0) is 23.5. The van der Waals surface area contributed by atoms with Gasteiger partial charge in [0.25, 0.3) is 11.3 Å². The van der Waals surface area contributed by atoms with E-state index >= 15 is 0 Å². The summed E-state index contributed by atoms with van der Waals surface area (Å²) in [4.78, 5) is 41.3. The third-order valence-electron chi connectivity index (χ3n) is 4.94. The van der Waals surface area contributed by atoms with Crippen LogP contribution in [0.2, 0.25) is 0 Å². The van der Waals surface area contributed by atoms with Crippen molar-refractivity contribution in [3.8, 4) is 11.6 Å². The second kappa shape index (κ2) is 9.01. The largest absolute Gasteiger partial charge is 0.490 e. The summed E-state index contributed by atoms with van der Waals surface area (Å²) in [6.07, 6.45) is -2.51. The van der Waals surface area contributed by atoms with Crippen LogP contribution >= 0.6 is 0 Å². The van der Waals surface area contributed by atoms with E-state index in [9.17, 15) is 27.6 Å². The Kier molecular flexibility index (Phi) is 6.56. The van der Waals surface area contributed by atoms with Crippen molar-refractivity contribution in [1.29, 1.82) is 0 Å². The van der Waals surface area contributed by atoms with E-state index in [-0.39, 0.29) is 24.8 Å². The van der Waals surface area contributed by atoms with Crippen LogP contribution in [0.4, 0.5) is 18.0 Å². The Morgan fingerprint density at radius 2 is 1.81 bits per heavy atom. The van der Waals surface area contributed by atoms with Crippen LogP contribution in [0.3, 0.4) is 0 Å². The number of nitrogens with zero attached hydrogens (tertiary/aromatic N) is 3. The van der Waals surface area contributed by atoms with Crippen LogP contribution in [0.15, 0.2) is 47.5 Å². The highest BCUT2D eigenvalue weighted by Gasteiger charge is 2.50. The van der Waals surface area contributed by atoms with Crippen molar-refractivity contribution >= 4 is 11.9 Å². The van der Waals surface area contributed by atoms with Gasteiger partial charge in [-0.1, -0.05) is 6.07 Å². The molecule has 0 bridgehead atoms. The quantitative estimate of drug-likeness (QED) is 0.691. The Morgan fingerprint density at radius 3 is 2.38 bits per heavy atom. The molecule has 0 atom stereocenters. The van der Waals surface area contributed by atoms with Gasteiger partial charge in [-0.3, -0.25) is 14.2 Å². The van der Waals surface area contributed by atoms with Crippen LogP contribution in [0.5, 0.6) is 5.75 Å². The lowest BCUT2D eigenvalue weighted by molar-refractivity contribution is -0.187. The average Bonchev–Trinajstić information content (AvgIpc) is 2.73. The fraction of sp³-hybridized carbons (Fsp3) is 0.429. The highest BCUT2D eigenvalue weighted by Crippen LogP contribution is 2.27. The first-order valence-corrected chi connectivity index (χ1v) is 9.88. The van der Waals surface area contributed by atoms with Crippen molar-refractivity contribution in [2.75, 3.05) is 13.1 Å². The molecular weight excluding hydrogens is 431 g/mol. The summed E-state index contributed by atoms with van der Waals surface area (Å²) in [6.45, 7) is 2.16. The van der Waals surface area contributed by atoms with E-state index in [1.807, 2.05) is 0 Å². The monoisotopic (exact) mass is 453 g/mol. The summed E-state index contributed by atoms with van der Waals surface area (Å²) in [7, 11) is 0. The minimum Gasteiger partial charge on any atom is -0.490 e. The van der Waals surface area contributed by atoms with Crippen molar-refractivity contribution in [2.45, 2.75) is 44.6 Å². The lowest BCUT2D eigenvalue weighted by atomic mass is 10.0. The summed E-state index contributed by atoms with van der Waals surface area (Å²) < 4.78 is 50.0. The molecule has 2 aromatic heterocycles. The number of alkyl halides is 3. The zero-order valence-electron chi connectivity index (χ0n) is 17.5. The van der Waals surface area contributed by atoms with Gasteiger partial charge in [0.2, 0.25) is 0 Å². The number of piperidine rings is 1. The number of ketones is 1. The summed E-state index contributed by atoms with van der Waals surface area (Å²) in [6, 6.07) is 8.16. The van der Waals surface area contributed by atoms with Crippen molar-refractivity contribution in [2.24, 2.45) is 0 Å². The first-order chi connectivity index (χ1) is 15.0. The number of carbonyl (C=O) groups excluding carboxylic acids is 2. The second-order valence-corrected chi connectivity index (χ2v) is 7.77. The van der Waals surface area contributed by atoms with Gasteiger partial charge >= 0.3 is 12.3 Å². The molecule has 11 heteroatoms. The molecule has 0 saturated carbocycles. The first kappa shape index (κ1) is 23.3. The van der Waals surface area contributed by atoms with Crippen LogP contribution in [-0.2, 0) is 9.53 Å². The van der Waals surface area contributed by atoms with Gasteiger partial charge in [-0.25, -0.2) is 9.78 Å². The molecule has 3 heterocycles. The first-order valence-electron chi connectivity index (χ1n) is 9.88. The van der Waals surface area contributed by atoms with Gasteiger partial charge in [0.15, 0.2) is 5.60 Å². The number of likely N-dealkylation sites (tertiary alicyclic amines) is 1. The molecule has 0 radical (unpaired) electrons. The smallest absolute Gasteiger partial charge is 0.454 e. The number of carbonyl (C=O) groups is 2. The molecule has 3 rings (SSSR count). The summed E-state index contributed by atoms with van der Waals surface area (Å²) in [5, 5.41) is 0. The van der Waals surface area contributed by atoms with Crippen molar-refractivity contribution in [1.82, 2.24) is 14.5 Å². The molecule has 1 aliphatic heterocycles. The number of halogens is 3. The van der Waals surface area contributed by atoms with Crippen LogP contribution < -0.4 is 10.3 Å². The van der Waals surface area contributed by atoms with Gasteiger partial charge in [-0.05, 0) is 32.0 Å². The molecule has 0 aromatic carbocycles. The maximum Gasteiger partial charge on any atom is 0.454 e. The summed E-state index contributed by atoms with van der Waals surface area (Å²) >= 11 is 0. The number of rotatable bonds is 5.